The summed E-state index contributed by atoms with van der Waals surface area (Å²) in [6, 6.07) is 1.92. The molecule has 0 spiro atoms. The maximum atomic E-state index is 4.67. The summed E-state index contributed by atoms with van der Waals surface area (Å²) in [4.78, 5) is 13.6. The van der Waals surface area contributed by atoms with Crippen LogP contribution >= 0.6 is 0 Å². The minimum Gasteiger partial charge on any atom is -0.370 e. The van der Waals surface area contributed by atoms with Crippen molar-refractivity contribution in [2.75, 3.05) is 11.9 Å². The van der Waals surface area contributed by atoms with Crippen molar-refractivity contribution in [3.8, 4) is 5.82 Å². The standard InChI is InChI=1S/C15H24N6/c1-7-8-16-12-9-13(19-14(18-12)15(4,5)6)21-11(3)17-10(2)20-21/h9H,7-8H2,1-6H3,(H,16,18,19). The number of aromatic nitrogens is 5. The summed E-state index contributed by atoms with van der Waals surface area (Å²) >= 11 is 0. The van der Waals surface area contributed by atoms with Crippen molar-refractivity contribution in [2.45, 2.75) is 53.4 Å². The summed E-state index contributed by atoms with van der Waals surface area (Å²) in [5, 5.41) is 7.74. The second-order valence-corrected chi connectivity index (χ2v) is 6.23. The number of anilines is 1. The average Bonchev–Trinajstić information content (AvgIpc) is 2.74. The molecular formula is C15H24N6. The highest BCUT2D eigenvalue weighted by Crippen LogP contribution is 2.22. The van der Waals surface area contributed by atoms with Gasteiger partial charge in [-0.1, -0.05) is 27.7 Å². The molecule has 0 aromatic carbocycles. The Morgan fingerprint density at radius 1 is 1.14 bits per heavy atom. The van der Waals surface area contributed by atoms with Gasteiger partial charge in [-0.2, -0.15) is 4.68 Å². The summed E-state index contributed by atoms with van der Waals surface area (Å²) in [5.41, 5.74) is -0.123. The van der Waals surface area contributed by atoms with Gasteiger partial charge in [0.1, 0.15) is 23.3 Å². The molecule has 6 heteroatoms. The molecule has 0 radical (unpaired) electrons. The van der Waals surface area contributed by atoms with Gasteiger partial charge in [-0.05, 0) is 20.3 Å². The molecule has 1 N–H and O–H groups in total. The highest BCUT2D eigenvalue weighted by Gasteiger charge is 2.20. The Bertz CT molecular complexity index is 624. The van der Waals surface area contributed by atoms with Crippen LogP contribution in [0.4, 0.5) is 5.82 Å². The zero-order valence-electron chi connectivity index (χ0n) is 13.7. The van der Waals surface area contributed by atoms with Gasteiger partial charge in [0.2, 0.25) is 0 Å². The van der Waals surface area contributed by atoms with Crippen molar-refractivity contribution in [1.82, 2.24) is 24.7 Å². The normalized spacial score (nSPS) is 11.7. The number of aryl methyl sites for hydroxylation is 2. The number of nitrogens with zero attached hydrogens (tertiary/aromatic N) is 5. The van der Waals surface area contributed by atoms with Gasteiger partial charge in [-0.3, -0.25) is 0 Å². The van der Waals surface area contributed by atoms with Crippen LogP contribution < -0.4 is 5.32 Å². The van der Waals surface area contributed by atoms with Crippen molar-refractivity contribution < 1.29 is 0 Å². The van der Waals surface area contributed by atoms with Gasteiger partial charge in [0, 0.05) is 18.0 Å². The Kier molecular flexibility index (Phi) is 4.25. The summed E-state index contributed by atoms with van der Waals surface area (Å²) in [6.07, 6.45) is 1.05. The van der Waals surface area contributed by atoms with Crippen molar-refractivity contribution in [3.63, 3.8) is 0 Å². The van der Waals surface area contributed by atoms with Crippen LogP contribution in [0.3, 0.4) is 0 Å². The summed E-state index contributed by atoms with van der Waals surface area (Å²) in [6.45, 7) is 13.1. The maximum Gasteiger partial charge on any atom is 0.161 e. The van der Waals surface area contributed by atoms with Crippen LogP contribution in [0.25, 0.3) is 5.82 Å². The number of hydrogen-bond acceptors (Lipinski definition) is 5. The van der Waals surface area contributed by atoms with E-state index in [4.69, 9.17) is 0 Å². The lowest BCUT2D eigenvalue weighted by atomic mass is 9.96. The van der Waals surface area contributed by atoms with E-state index in [2.05, 4.69) is 53.1 Å². The Balaban J connectivity index is 2.51. The van der Waals surface area contributed by atoms with Gasteiger partial charge in [-0.15, -0.1) is 5.10 Å². The highest BCUT2D eigenvalue weighted by atomic mass is 15.4. The van der Waals surface area contributed by atoms with Crippen LogP contribution in [0.2, 0.25) is 0 Å². The van der Waals surface area contributed by atoms with Crippen molar-refractivity contribution in [3.05, 3.63) is 23.5 Å². The maximum absolute atomic E-state index is 4.67. The Hall–Kier alpha value is -1.98. The smallest absolute Gasteiger partial charge is 0.161 e. The molecule has 0 amide bonds. The molecule has 0 atom stereocenters. The minimum atomic E-state index is -0.123. The van der Waals surface area contributed by atoms with Crippen LogP contribution in [0.5, 0.6) is 0 Å². The molecule has 0 aliphatic rings. The minimum absolute atomic E-state index is 0.123. The van der Waals surface area contributed by atoms with E-state index in [0.717, 1.165) is 42.1 Å². The molecule has 0 fully saturated rings. The molecule has 0 bridgehead atoms. The second kappa shape index (κ2) is 5.79. The first kappa shape index (κ1) is 15.4. The zero-order chi connectivity index (χ0) is 15.6. The molecule has 2 heterocycles. The third kappa shape index (κ3) is 3.56. The fraction of sp³-hybridized carbons (Fsp3) is 0.600. The molecule has 114 valence electrons. The van der Waals surface area contributed by atoms with E-state index in [-0.39, 0.29) is 5.41 Å². The molecule has 0 aliphatic carbocycles. The molecule has 0 unspecified atom stereocenters. The Morgan fingerprint density at radius 2 is 1.86 bits per heavy atom. The van der Waals surface area contributed by atoms with Gasteiger partial charge in [0.25, 0.3) is 0 Å². The van der Waals surface area contributed by atoms with E-state index in [1.54, 1.807) is 4.68 Å². The quantitative estimate of drug-likeness (QED) is 0.937. The molecule has 0 aliphatic heterocycles. The summed E-state index contributed by atoms with van der Waals surface area (Å²) in [5.74, 6) is 3.95. The second-order valence-electron chi connectivity index (χ2n) is 6.23. The third-order valence-corrected chi connectivity index (χ3v) is 3.03. The van der Waals surface area contributed by atoms with E-state index >= 15 is 0 Å². The van der Waals surface area contributed by atoms with Crippen LogP contribution in [0, 0.1) is 13.8 Å². The van der Waals surface area contributed by atoms with Gasteiger partial charge < -0.3 is 5.32 Å². The van der Waals surface area contributed by atoms with Gasteiger partial charge in [0.05, 0.1) is 0 Å². The Labute approximate surface area is 126 Å². The molecule has 21 heavy (non-hydrogen) atoms. The molecule has 2 aromatic rings. The fourth-order valence-electron chi connectivity index (χ4n) is 1.96. The lowest BCUT2D eigenvalue weighted by molar-refractivity contribution is 0.542. The van der Waals surface area contributed by atoms with E-state index < -0.39 is 0 Å². The van der Waals surface area contributed by atoms with Crippen LogP contribution in [0.15, 0.2) is 6.07 Å². The first-order chi connectivity index (χ1) is 9.81. The van der Waals surface area contributed by atoms with Crippen LogP contribution in [0.1, 0.15) is 51.6 Å². The zero-order valence-corrected chi connectivity index (χ0v) is 13.7. The SMILES string of the molecule is CCCNc1cc(-n2nc(C)nc2C)nc(C(C)(C)C)n1. The van der Waals surface area contributed by atoms with Crippen molar-refractivity contribution in [1.29, 1.82) is 0 Å². The van der Waals surface area contributed by atoms with Crippen molar-refractivity contribution in [2.24, 2.45) is 0 Å². The lowest BCUT2D eigenvalue weighted by Crippen LogP contribution is -2.19. The summed E-state index contributed by atoms with van der Waals surface area (Å²) < 4.78 is 1.77. The molecule has 0 saturated heterocycles. The van der Waals surface area contributed by atoms with Crippen LogP contribution in [-0.2, 0) is 5.41 Å². The molecule has 0 saturated carbocycles. The highest BCUT2D eigenvalue weighted by molar-refractivity contribution is 5.42. The predicted molar refractivity (Wildman–Crippen MR) is 83.9 cm³/mol. The fourth-order valence-corrected chi connectivity index (χ4v) is 1.96. The van der Waals surface area contributed by atoms with Gasteiger partial charge in [0.15, 0.2) is 5.82 Å². The predicted octanol–water partition coefficient (Wildman–Crippen LogP) is 2.79. The van der Waals surface area contributed by atoms with E-state index in [0.29, 0.717) is 0 Å². The van der Waals surface area contributed by atoms with E-state index in [1.165, 1.54) is 0 Å². The number of nitrogens with one attached hydrogen (secondary N) is 1. The van der Waals surface area contributed by atoms with E-state index in [9.17, 15) is 0 Å². The van der Waals surface area contributed by atoms with Crippen LogP contribution in [-0.4, -0.2) is 31.3 Å². The monoisotopic (exact) mass is 288 g/mol. The molecule has 2 rings (SSSR count). The average molecular weight is 288 g/mol. The third-order valence-electron chi connectivity index (χ3n) is 3.03. The number of rotatable bonds is 4. The first-order valence-corrected chi connectivity index (χ1v) is 7.35. The molecular weight excluding hydrogens is 264 g/mol. The summed E-state index contributed by atoms with van der Waals surface area (Å²) in [7, 11) is 0. The first-order valence-electron chi connectivity index (χ1n) is 7.35. The largest absolute Gasteiger partial charge is 0.370 e. The Morgan fingerprint density at radius 3 is 2.38 bits per heavy atom. The topological polar surface area (TPSA) is 68.5 Å². The van der Waals surface area contributed by atoms with Gasteiger partial charge in [-0.25, -0.2) is 15.0 Å². The molecule has 6 nitrogen and oxygen atoms in total. The van der Waals surface area contributed by atoms with Crippen molar-refractivity contribution >= 4 is 5.82 Å². The van der Waals surface area contributed by atoms with Gasteiger partial charge >= 0.3 is 0 Å². The molecule has 2 aromatic heterocycles. The number of hydrogen-bond donors (Lipinski definition) is 1. The lowest BCUT2D eigenvalue weighted by Gasteiger charge is -2.19. The van der Waals surface area contributed by atoms with E-state index in [1.807, 2.05) is 19.9 Å².